The van der Waals surface area contributed by atoms with Crippen LogP contribution in [0.3, 0.4) is 0 Å². The molecule has 578 valence electrons. The fourth-order valence-corrected chi connectivity index (χ4v) is 16.6. The van der Waals surface area contributed by atoms with Gasteiger partial charge in [-0.1, -0.05) is 12.1 Å². The van der Waals surface area contributed by atoms with Gasteiger partial charge in [0.1, 0.15) is 27.8 Å². The van der Waals surface area contributed by atoms with Gasteiger partial charge in [0.15, 0.2) is 5.71 Å². The standard InChI is InChI=1S/C70H85N3O28S5/c1-6-71-57-20-18-53-55(43-51(103(80,81)82)45-59(53)105(86,87)88)66(57)69(2,26-29-94-35-37-98-41-39-96-33-31-92-4)61(71)22-12-47-9-7-10-48(68(47)100-49-14-16-50(17-15-49)102(77,78)79)13-23-62-70(3,27-30-95-36-38-99-42-40-97-34-32-93-5)67-56-44-52(104(83,84)85)46-60(106(89,90)91)54(56)19-21-58(67)72(62)28-8-11-65(76)101-73-63(74)24-25-64(73)75/h12-23,43-46H,6-11,24-42H2,1-5H3,(H4-,77,78,79,80,81,82,83,84,85,86,87,88,89,90,91)/p+1. The largest absolute Gasteiger partial charge is 0.457 e. The molecule has 0 aromatic heterocycles. The maximum absolute atomic E-state index is 13.5. The summed E-state index contributed by atoms with van der Waals surface area (Å²) in [6.07, 6.45) is 7.65. The predicted molar refractivity (Wildman–Crippen MR) is 382 cm³/mol. The summed E-state index contributed by atoms with van der Waals surface area (Å²) < 4.78 is 236. The van der Waals surface area contributed by atoms with Crippen LogP contribution in [-0.4, -0.2) is 218 Å². The molecule has 0 bridgehead atoms. The zero-order chi connectivity index (χ0) is 77.0. The van der Waals surface area contributed by atoms with Crippen molar-refractivity contribution in [2.24, 2.45) is 0 Å². The van der Waals surface area contributed by atoms with Gasteiger partial charge in [-0.3, -0.25) is 32.4 Å². The van der Waals surface area contributed by atoms with Crippen LogP contribution in [0.1, 0.15) is 89.7 Å². The number of rotatable bonds is 40. The van der Waals surface area contributed by atoms with Crippen molar-refractivity contribution in [3.8, 4) is 5.75 Å². The highest BCUT2D eigenvalue weighted by molar-refractivity contribution is 7.87. The SMILES string of the molecule is CC[N+]1=C(/C=C/C2=C(Oc3ccc(S(=O)(=O)O)cc3)C(=C/C=C3/N(CCCC(=O)ON4C(=O)CCC4=O)c4ccc5c(S(=O)(=O)O)cc(S(=O)(=O)O)cc5c4C3(C)CCOCCOCCOCCOC)/CCC2)C(C)(CCOCCOCCOCCOC)c2c1ccc1c(S(=O)(=O)O)cc(S(=O)(=O)O)cc21. The lowest BCUT2D eigenvalue weighted by molar-refractivity contribution is -0.433. The van der Waals surface area contributed by atoms with Crippen LogP contribution in [-0.2, 0) is 119 Å². The number of hydroxylamine groups is 2. The van der Waals surface area contributed by atoms with Crippen molar-refractivity contribution in [1.29, 1.82) is 0 Å². The van der Waals surface area contributed by atoms with Crippen molar-refractivity contribution in [2.75, 3.05) is 125 Å². The predicted octanol–water partition coefficient (Wildman–Crippen LogP) is 7.82. The highest BCUT2D eigenvalue weighted by Crippen LogP contribution is 2.55. The Hall–Kier alpha value is -7.31. The Bertz CT molecular complexity index is 4890. The molecule has 3 aliphatic heterocycles. The van der Waals surface area contributed by atoms with Gasteiger partial charge in [0.25, 0.3) is 62.4 Å². The molecule has 5 aromatic carbocycles. The summed E-state index contributed by atoms with van der Waals surface area (Å²) in [5.74, 6) is -2.00. The van der Waals surface area contributed by atoms with Gasteiger partial charge in [-0.2, -0.15) is 46.7 Å². The van der Waals surface area contributed by atoms with Crippen LogP contribution >= 0.6 is 0 Å². The van der Waals surface area contributed by atoms with E-state index in [0.29, 0.717) is 115 Å². The van der Waals surface area contributed by atoms with Crippen LogP contribution in [0.15, 0.2) is 144 Å². The van der Waals surface area contributed by atoms with E-state index in [4.69, 9.17) is 47.5 Å². The molecule has 5 aromatic rings. The highest BCUT2D eigenvalue weighted by Gasteiger charge is 2.50. The lowest BCUT2D eigenvalue weighted by Crippen LogP contribution is -2.33. The zero-order valence-corrected chi connectivity index (χ0v) is 63.0. The summed E-state index contributed by atoms with van der Waals surface area (Å²) in [6.45, 7) is 8.79. The number of carbonyl (C=O) groups is 3. The molecule has 9 rings (SSSR count). The monoisotopic (exact) mass is 1580 g/mol. The molecule has 0 radical (unpaired) electrons. The molecule has 1 fully saturated rings. The minimum atomic E-state index is -5.23. The van der Waals surface area contributed by atoms with Gasteiger partial charge in [0, 0.05) is 98.5 Å². The van der Waals surface area contributed by atoms with Crippen LogP contribution in [0.25, 0.3) is 21.5 Å². The van der Waals surface area contributed by atoms with E-state index < -0.39 is 104 Å². The molecule has 2 atom stereocenters. The van der Waals surface area contributed by atoms with E-state index in [-0.39, 0.29) is 144 Å². The van der Waals surface area contributed by atoms with Crippen molar-refractivity contribution in [2.45, 2.75) is 114 Å². The molecule has 4 aliphatic rings. The van der Waals surface area contributed by atoms with Gasteiger partial charge >= 0.3 is 5.97 Å². The molecular weight excluding hydrogens is 1490 g/mol. The number of allylic oxidation sites excluding steroid dienone is 7. The average Bonchev–Trinajstić information content (AvgIpc) is 1.53. The second kappa shape index (κ2) is 35.4. The van der Waals surface area contributed by atoms with Crippen molar-refractivity contribution in [3.05, 3.63) is 131 Å². The van der Waals surface area contributed by atoms with Crippen molar-refractivity contribution >= 4 is 107 Å². The second-order valence-electron chi connectivity index (χ2n) is 25.4. The van der Waals surface area contributed by atoms with E-state index in [2.05, 4.69) is 0 Å². The molecule has 1 saturated heterocycles. The quantitative estimate of drug-likeness (QED) is 0.0108. The number of benzene rings is 5. The van der Waals surface area contributed by atoms with E-state index in [9.17, 15) is 79.2 Å². The molecule has 5 N–H and O–H groups in total. The smallest absolute Gasteiger partial charge is 0.333 e. The molecule has 36 heteroatoms. The second-order valence-corrected chi connectivity index (χ2v) is 32.5. The van der Waals surface area contributed by atoms with Gasteiger partial charge in [-0.15, -0.1) is 5.06 Å². The van der Waals surface area contributed by atoms with Crippen molar-refractivity contribution in [3.63, 3.8) is 0 Å². The number of fused-ring (bicyclic) bond motifs is 6. The van der Waals surface area contributed by atoms with E-state index in [1.54, 1.807) is 56.4 Å². The molecule has 0 saturated carbocycles. The summed E-state index contributed by atoms with van der Waals surface area (Å²) in [7, 11) is -22.3. The van der Waals surface area contributed by atoms with Gasteiger partial charge in [0.05, 0.1) is 99.4 Å². The van der Waals surface area contributed by atoms with E-state index in [0.717, 1.165) is 24.3 Å². The number of hydrogen-bond donors (Lipinski definition) is 5. The number of nitrogens with zero attached hydrogens (tertiary/aromatic N) is 3. The molecule has 31 nitrogen and oxygen atoms in total. The number of imide groups is 1. The van der Waals surface area contributed by atoms with Gasteiger partial charge in [0.2, 0.25) is 5.69 Å². The Kier molecular flexibility index (Phi) is 27.6. The maximum Gasteiger partial charge on any atom is 0.333 e. The maximum atomic E-state index is 13.5. The first-order chi connectivity index (χ1) is 50.1. The Morgan fingerprint density at radius 3 is 1.50 bits per heavy atom. The topological polar surface area (TPSA) is 425 Å². The zero-order valence-electron chi connectivity index (χ0n) is 58.9. The van der Waals surface area contributed by atoms with E-state index in [1.807, 2.05) is 24.5 Å². The fourth-order valence-electron chi connectivity index (χ4n) is 13.4. The van der Waals surface area contributed by atoms with Crippen LogP contribution in [0.2, 0.25) is 0 Å². The van der Waals surface area contributed by atoms with Crippen LogP contribution in [0.5, 0.6) is 5.75 Å². The third-order valence-corrected chi connectivity index (χ3v) is 22.8. The summed E-state index contributed by atoms with van der Waals surface area (Å²) >= 11 is 0. The van der Waals surface area contributed by atoms with Crippen molar-refractivity contribution in [1.82, 2.24) is 5.06 Å². The number of amides is 2. The molecular formula is C70H86N3O28S5+. The van der Waals surface area contributed by atoms with Gasteiger partial charge in [-0.05, 0) is 160 Å². The van der Waals surface area contributed by atoms with E-state index >= 15 is 0 Å². The lowest BCUT2D eigenvalue weighted by Gasteiger charge is -2.31. The van der Waals surface area contributed by atoms with Crippen LogP contribution in [0.4, 0.5) is 11.4 Å². The number of anilines is 1. The highest BCUT2D eigenvalue weighted by atomic mass is 32.2. The molecule has 1 aliphatic carbocycles. The summed E-state index contributed by atoms with van der Waals surface area (Å²) in [5, 5.41) is 0.261. The first kappa shape index (κ1) is 82.7. The number of methoxy groups -OCH3 is 2. The number of carbonyl (C=O) groups excluding carboxylic acids is 3. The molecule has 2 unspecified atom stereocenters. The first-order valence-electron chi connectivity index (χ1n) is 33.8. The normalized spacial score (nSPS) is 19.0. The third kappa shape index (κ3) is 19.8. The van der Waals surface area contributed by atoms with E-state index in [1.165, 1.54) is 24.3 Å². The molecule has 0 spiro atoms. The van der Waals surface area contributed by atoms with Crippen LogP contribution < -0.4 is 9.64 Å². The summed E-state index contributed by atoms with van der Waals surface area (Å²) in [5.41, 5.74) is 1.03. The van der Waals surface area contributed by atoms with Crippen LogP contribution in [0, 0.1) is 0 Å². The summed E-state index contributed by atoms with van der Waals surface area (Å²) in [6, 6.07) is 14.4. The fraction of sp³-hybridized carbons (Fsp3) is 0.457. The molecule has 3 heterocycles. The van der Waals surface area contributed by atoms with Crippen molar-refractivity contribution < 1.29 is 131 Å². The molecule has 2 amide bonds. The Balaban J connectivity index is 1.21. The number of ether oxygens (including phenoxy) is 9. The summed E-state index contributed by atoms with van der Waals surface area (Å²) in [4.78, 5) is 41.8. The Morgan fingerprint density at radius 1 is 0.528 bits per heavy atom. The molecule has 106 heavy (non-hydrogen) atoms. The first-order valence-corrected chi connectivity index (χ1v) is 41.0. The number of hydrogen-bond acceptors (Lipinski definition) is 24. The Morgan fingerprint density at radius 2 is 1.01 bits per heavy atom. The average molecular weight is 1580 g/mol. The lowest BCUT2D eigenvalue weighted by atomic mass is 9.74. The Labute approximate surface area is 615 Å². The third-order valence-electron chi connectivity index (χ3n) is 18.5. The van der Waals surface area contributed by atoms with Gasteiger partial charge in [-0.25, -0.2) is 4.79 Å². The van der Waals surface area contributed by atoms with Gasteiger partial charge < -0.3 is 52.4 Å². The minimum absolute atomic E-state index is 0.0324. The minimum Gasteiger partial charge on any atom is -0.457 e.